The maximum absolute atomic E-state index is 13.1. The summed E-state index contributed by atoms with van der Waals surface area (Å²) < 4.78 is 46.4. The van der Waals surface area contributed by atoms with Gasteiger partial charge in [0.1, 0.15) is 5.69 Å². The van der Waals surface area contributed by atoms with Crippen molar-refractivity contribution in [3.63, 3.8) is 0 Å². The second kappa shape index (κ2) is 8.72. The molecule has 1 spiro atoms. The van der Waals surface area contributed by atoms with Crippen molar-refractivity contribution in [2.45, 2.75) is 32.6 Å². The summed E-state index contributed by atoms with van der Waals surface area (Å²) in [6.45, 7) is 6.59. The van der Waals surface area contributed by atoms with Crippen LogP contribution >= 0.6 is 11.6 Å². The van der Waals surface area contributed by atoms with Crippen molar-refractivity contribution >= 4 is 29.6 Å². The Hall–Kier alpha value is -3.61. The minimum Gasteiger partial charge on any atom is -0.450 e. The van der Waals surface area contributed by atoms with Gasteiger partial charge in [-0.25, -0.2) is 14.8 Å². The number of alkyl halides is 3. The molecule has 38 heavy (non-hydrogen) atoms. The maximum Gasteiger partial charge on any atom is 0.433 e. The molecule has 10 nitrogen and oxygen atoms in total. The number of carbonyl (C=O) groups is 1. The molecule has 0 N–H and O–H groups in total. The van der Waals surface area contributed by atoms with E-state index in [1.807, 2.05) is 23.6 Å². The van der Waals surface area contributed by atoms with Gasteiger partial charge in [0.05, 0.1) is 24.9 Å². The molecule has 1 atom stereocenters. The molecule has 2 saturated heterocycles. The fourth-order valence-electron chi connectivity index (χ4n) is 5.45. The van der Waals surface area contributed by atoms with Crippen molar-refractivity contribution in [3.8, 4) is 5.69 Å². The van der Waals surface area contributed by atoms with Crippen molar-refractivity contribution in [1.82, 2.24) is 29.6 Å². The van der Waals surface area contributed by atoms with E-state index in [2.05, 4.69) is 25.1 Å². The van der Waals surface area contributed by atoms with Gasteiger partial charge in [0.2, 0.25) is 11.9 Å². The van der Waals surface area contributed by atoms with Crippen LogP contribution in [0.25, 0.3) is 5.69 Å². The van der Waals surface area contributed by atoms with Gasteiger partial charge in [-0.15, -0.1) is 10.2 Å². The van der Waals surface area contributed by atoms with Crippen LogP contribution in [-0.2, 0) is 17.5 Å². The highest BCUT2D eigenvalue weighted by atomic mass is 35.5. The van der Waals surface area contributed by atoms with Crippen molar-refractivity contribution in [2.75, 3.05) is 42.6 Å². The predicted octanol–water partition coefficient (Wildman–Crippen LogP) is 4.09. The molecule has 3 aliphatic heterocycles. The lowest BCUT2D eigenvalue weighted by Crippen LogP contribution is -2.73. The molecule has 2 aromatic heterocycles. The highest BCUT2D eigenvalue weighted by Crippen LogP contribution is 2.44. The summed E-state index contributed by atoms with van der Waals surface area (Å²) in [5.74, 6) is 1.32. The van der Waals surface area contributed by atoms with E-state index < -0.39 is 24.0 Å². The molecule has 5 heterocycles. The number of benzene rings is 1. The molecule has 1 amide bonds. The van der Waals surface area contributed by atoms with E-state index in [0.29, 0.717) is 49.5 Å². The number of nitrogens with zero attached hydrogens (tertiary/aromatic N) is 8. The largest absolute Gasteiger partial charge is 0.450 e. The Labute approximate surface area is 221 Å². The lowest BCUT2D eigenvalue weighted by Gasteiger charge is -2.60. The maximum atomic E-state index is 13.1. The molecule has 6 rings (SSSR count). The zero-order chi connectivity index (χ0) is 26.8. The van der Waals surface area contributed by atoms with E-state index >= 15 is 0 Å². The van der Waals surface area contributed by atoms with E-state index in [4.69, 9.17) is 16.3 Å². The second-order valence-corrected chi connectivity index (χ2v) is 10.4. The van der Waals surface area contributed by atoms with Gasteiger partial charge in [0.25, 0.3) is 0 Å². The van der Waals surface area contributed by atoms with Gasteiger partial charge in [-0.1, -0.05) is 11.6 Å². The number of fused-ring (bicyclic) bond motifs is 3. The third kappa shape index (κ3) is 3.99. The first-order valence-corrected chi connectivity index (χ1v) is 12.5. The molecular formula is C24H24ClF3N8O2. The minimum absolute atomic E-state index is 0.0823. The van der Waals surface area contributed by atoms with Gasteiger partial charge < -0.3 is 14.5 Å². The van der Waals surface area contributed by atoms with E-state index in [1.165, 1.54) is 0 Å². The van der Waals surface area contributed by atoms with Gasteiger partial charge >= 0.3 is 12.3 Å². The van der Waals surface area contributed by atoms with Crippen LogP contribution in [0.5, 0.6) is 0 Å². The highest BCUT2D eigenvalue weighted by Gasteiger charge is 2.54. The smallest absolute Gasteiger partial charge is 0.433 e. The van der Waals surface area contributed by atoms with Gasteiger partial charge in [-0.2, -0.15) is 13.2 Å². The lowest BCUT2D eigenvalue weighted by atomic mass is 9.73. The van der Waals surface area contributed by atoms with Crippen LogP contribution in [0, 0.1) is 5.41 Å². The van der Waals surface area contributed by atoms with Crippen LogP contribution in [0.3, 0.4) is 0 Å². The Morgan fingerprint density at radius 2 is 1.89 bits per heavy atom. The fourth-order valence-corrected chi connectivity index (χ4v) is 5.64. The number of amides is 1. The number of carbonyl (C=O) groups excluding carboxylic acids is 1. The Morgan fingerprint density at radius 3 is 2.61 bits per heavy atom. The standard InChI is InChI=1S/C24H24ClF3N8O2/c1-3-38-22(37)35-9-15-8-16(25)4-5-17(15)36-19(14(35)2)31-32-21(36)34-12-23(13-34)10-33(11-23)20-29-7-6-18(30-20)24(26,27)28/h4-8,14H,3,9-13H2,1-2H3. The number of rotatable bonds is 3. The van der Waals surface area contributed by atoms with Crippen LogP contribution in [-0.4, -0.2) is 68.5 Å². The van der Waals surface area contributed by atoms with Crippen molar-refractivity contribution in [3.05, 3.63) is 52.6 Å². The first-order chi connectivity index (χ1) is 18.1. The van der Waals surface area contributed by atoms with Crippen LogP contribution in [0.2, 0.25) is 5.02 Å². The number of anilines is 2. The summed E-state index contributed by atoms with van der Waals surface area (Å²) in [7, 11) is 0. The third-order valence-corrected chi connectivity index (χ3v) is 7.48. The Bertz CT molecular complexity index is 1400. The average Bonchev–Trinajstić information content (AvgIpc) is 3.20. The van der Waals surface area contributed by atoms with Crippen LogP contribution < -0.4 is 9.80 Å². The molecule has 1 aromatic carbocycles. The monoisotopic (exact) mass is 548 g/mol. The molecule has 0 aliphatic carbocycles. The summed E-state index contributed by atoms with van der Waals surface area (Å²) in [5, 5.41) is 9.48. The summed E-state index contributed by atoms with van der Waals surface area (Å²) in [4.78, 5) is 25.9. The van der Waals surface area contributed by atoms with E-state index in [1.54, 1.807) is 22.8 Å². The predicted molar refractivity (Wildman–Crippen MR) is 131 cm³/mol. The Balaban J connectivity index is 1.24. The van der Waals surface area contributed by atoms with Crippen LogP contribution in [0.1, 0.15) is 37.0 Å². The molecule has 1 unspecified atom stereocenters. The minimum atomic E-state index is -4.51. The quantitative estimate of drug-likeness (QED) is 0.483. The molecule has 200 valence electrons. The molecular weight excluding hydrogens is 525 g/mol. The molecule has 14 heteroatoms. The first kappa shape index (κ1) is 24.7. The third-order valence-electron chi connectivity index (χ3n) is 7.24. The Morgan fingerprint density at radius 1 is 1.16 bits per heavy atom. The molecule has 2 fully saturated rings. The highest BCUT2D eigenvalue weighted by molar-refractivity contribution is 6.30. The van der Waals surface area contributed by atoms with E-state index in [0.717, 1.165) is 23.5 Å². The topological polar surface area (TPSA) is 92.5 Å². The first-order valence-electron chi connectivity index (χ1n) is 12.2. The van der Waals surface area contributed by atoms with Crippen LogP contribution in [0.15, 0.2) is 30.5 Å². The normalized spacial score (nSPS) is 19.8. The van der Waals surface area contributed by atoms with Gasteiger partial charge in [0, 0.05) is 42.8 Å². The summed E-state index contributed by atoms with van der Waals surface area (Å²) in [6.07, 6.45) is -3.82. The number of ether oxygens (including phenoxy) is 1. The second-order valence-electron chi connectivity index (χ2n) is 9.92. The number of aromatic nitrogens is 5. The zero-order valence-corrected chi connectivity index (χ0v) is 21.4. The summed E-state index contributed by atoms with van der Waals surface area (Å²) >= 11 is 6.30. The average molecular weight is 549 g/mol. The van der Waals surface area contributed by atoms with Crippen LogP contribution in [0.4, 0.5) is 29.9 Å². The fraction of sp³-hybridized carbons (Fsp3) is 0.458. The number of halogens is 4. The molecule has 0 bridgehead atoms. The molecule has 0 saturated carbocycles. The van der Waals surface area contributed by atoms with E-state index in [-0.39, 0.29) is 18.0 Å². The van der Waals surface area contributed by atoms with Crippen molar-refractivity contribution in [1.29, 1.82) is 0 Å². The Kier molecular flexibility index (Phi) is 5.67. The summed E-state index contributed by atoms with van der Waals surface area (Å²) in [6, 6.07) is 5.96. The van der Waals surface area contributed by atoms with Gasteiger partial charge in [-0.05, 0) is 43.7 Å². The zero-order valence-electron chi connectivity index (χ0n) is 20.6. The molecule has 0 radical (unpaired) electrons. The molecule has 3 aliphatic rings. The van der Waals surface area contributed by atoms with Gasteiger partial charge in [0.15, 0.2) is 5.82 Å². The van der Waals surface area contributed by atoms with Gasteiger partial charge in [-0.3, -0.25) is 9.47 Å². The van der Waals surface area contributed by atoms with Crippen molar-refractivity contribution in [2.24, 2.45) is 5.41 Å². The lowest BCUT2D eigenvalue weighted by molar-refractivity contribution is -0.141. The SMILES string of the molecule is CCOC(=O)N1Cc2cc(Cl)ccc2-n2c(nnc2N2CC3(CN(c4nccc(C(F)(F)F)n4)C3)C2)C1C. The van der Waals surface area contributed by atoms with E-state index in [9.17, 15) is 18.0 Å². The summed E-state index contributed by atoms with van der Waals surface area (Å²) in [5.41, 5.74) is 0.621. The number of hydrogen-bond acceptors (Lipinski definition) is 8. The van der Waals surface area contributed by atoms with Crippen molar-refractivity contribution < 1.29 is 22.7 Å². The number of hydrogen-bond donors (Lipinski definition) is 0. The molecule has 3 aromatic rings.